The summed E-state index contributed by atoms with van der Waals surface area (Å²) in [5, 5.41) is 9.24. The van der Waals surface area contributed by atoms with Crippen molar-refractivity contribution in [2.75, 3.05) is 5.73 Å². The number of nitrogens with two attached hydrogens (primary N) is 1. The summed E-state index contributed by atoms with van der Waals surface area (Å²) in [7, 11) is 0. The molecule has 0 radical (unpaired) electrons. The van der Waals surface area contributed by atoms with Crippen molar-refractivity contribution in [1.29, 1.82) is 0 Å². The van der Waals surface area contributed by atoms with Gasteiger partial charge < -0.3 is 10.8 Å². The number of phenols is 1. The minimum absolute atomic E-state index is 0.285. The van der Waals surface area contributed by atoms with Crippen LogP contribution in [0, 0.1) is 13.8 Å². The van der Waals surface area contributed by atoms with Crippen LogP contribution >= 0.6 is 0 Å². The van der Waals surface area contributed by atoms with Gasteiger partial charge in [0.05, 0.1) is 0 Å². The monoisotopic (exact) mass is 213 g/mol. The van der Waals surface area contributed by atoms with Gasteiger partial charge in [-0.15, -0.1) is 0 Å². The Hall–Kier alpha value is -1.96. The van der Waals surface area contributed by atoms with Crippen LogP contribution in [0.2, 0.25) is 0 Å². The van der Waals surface area contributed by atoms with Crippen LogP contribution in [0.5, 0.6) is 5.75 Å². The van der Waals surface area contributed by atoms with Crippen LogP contribution in [0.4, 0.5) is 5.69 Å². The van der Waals surface area contributed by atoms with Crippen LogP contribution in [0.15, 0.2) is 36.4 Å². The Morgan fingerprint density at radius 2 is 1.38 bits per heavy atom. The van der Waals surface area contributed by atoms with E-state index in [1.54, 1.807) is 12.1 Å². The summed E-state index contributed by atoms with van der Waals surface area (Å²) in [6, 6.07) is 11.3. The lowest BCUT2D eigenvalue weighted by atomic mass is 9.99. The van der Waals surface area contributed by atoms with E-state index in [-0.39, 0.29) is 5.75 Å². The van der Waals surface area contributed by atoms with Gasteiger partial charge in [0, 0.05) is 5.69 Å². The van der Waals surface area contributed by atoms with Gasteiger partial charge in [-0.3, -0.25) is 0 Å². The molecule has 0 fully saturated rings. The van der Waals surface area contributed by atoms with Crippen LogP contribution in [-0.2, 0) is 0 Å². The molecule has 0 bridgehead atoms. The molecule has 0 heterocycles. The third-order valence-electron chi connectivity index (χ3n) is 2.79. The summed E-state index contributed by atoms with van der Waals surface area (Å²) in [6.07, 6.45) is 0. The Bertz CT molecular complexity index is 492. The molecule has 0 aromatic heterocycles. The molecule has 2 rings (SSSR count). The molecule has 2 aromatic carbocycles. The first-order valence-electron chi connectivity index (χ1n) is 5.24. The molecule has 3 N–H and O–H groups in total. The van der Waals surface area contributed by atoms with Crippen molar-refractivity contribution in [2.45, 2.75) is 13.8 Å². The van der Waals surface area contributed by atoms with E-state index in [1.807, 2.05) is 26.0 Å². The molecule has 0 aliphatic heterocycles. The van der Waals surface area contributed by atoms with E-state index in [4.69, 9.17) is 5.73 Å². The molecular formula is C14H15NO. The van der Waals surface area contributed by atoms with Crippen LogP contribution in [-0.4, -0.2) is 5.11 Å². The first-order valence-corrected chi connectivity index (χ1v) is 5.24. The van der Waals surface area contributed by atoms with Crippen molar-refractivity contribution in [3.63, 3.8) is 0 Å². The number of aromatic hydroxyl groups is 1. The maximum Gasteiger partial charge on any atom is 0.115 e. The summed E-state index contributed by atoms with van der Waals surface area (Å²) < 4.78 is 0. The van der Waals surface area contributed by atoms with Crippen LogP contribution in [0.25, 0.3) is 11.1 Å². The summed E-state index contributed by atoms with van der Waals surface area (Å²) >= 11 is 0. The maximum absolute atomic E-state index is 9.24. The van der Waals surface area contributed by atoms with E-state index in [0.29, 0.717) is 0 Å². The molecule has 2 aromatic rings. The first kappa shape index (κ1) is 10.6. The normalized spacial score (nSPS) is 10.4. The highest BCUT2D eigenvalue weighted by Gasteiger charge is 2.03. The van der Waals surface area contributed by atoms with Crippen molar-refractivity contribution >= 4 is 5.69 Å². The van der Waals surface area contributed by atoms with Crippen molar-refractivity contribution in [1.82, 2.24) is 0 Å². The minimum atomic E-state index is 0.285. The number of hydrogen-bond acceptors (Lipinski definition) is 2. The molecule has 16 heavy (non-hydrogen) atoms. The highest BCUT2D eigenvalue weighted by atomic mass is 16.3. The van der Waals surface area contributed by atoms with E-state index >= 15 is 0 Å². The summed E-state index contributed by atoms with van der Waals surface area (Å²) in [4.78, 5) is 0. The molecule has 0 saturated carbocycles. The SMILES string of the molecule is Cc1cc(-c2ccc(O)cc2)cc(C)c1N. The summed E-state index contributed by atoms with van der Waals surface area (Å²) in [6.45, 7) is 4.01. The highest BCUT2D eigenvalue weighted by Crippen LogP contribution is 2.27. The molecule has 0 aliphatic carbocycles. The molecule has 0 unspecified atom stereocenters. The zero-order valence-electron chi connectivity index (χ0n) is 9.49. The zero-order valence-corrected chi connectivity index (χ0v) is 9.49. The lowest BCUT2D eigenvalue weighted by Crippen LogP contribution is -1.94. The Morgan fingerprint density at radius 3 is 1.88 bits per heavy atom. The average molecular weight is 213 g/mol. The topological polar surface area (TPSA) is 46.2 Å². The fourth-order valence-corrected chi connectivity index (χ4v) is 1.80. The van der Waals surface area contributed by atoms with E-state index in [2.05, 4.69) is 12.1 Å². The van der Waals surface area contributed by atoms with Gasteiger partial charge in [0.25, 0.3) is 0 Å². The fraction of sp³-hybridized carbons (Fsp3) is 0.143. The van der Waals surface area contributed by atoms with E-state index in [0.717, 1.165) is 27.9 Å². The lowest BCUT2D eigenvalue weighted by Gasteiger charge is -2.09. The van der Waals surface area contributed by atoms with Crippen molar-refractivity contribution in [2.24, 2.45) is 0 Å². The number of phenolic OH excluding ortho intramolecular Hbond substituents is 1. The van der Waals surface area contributed by atoms with Gasteiger partial charge in [0.2, 0.25) is 0 Å². The first-order chi connectivity index (χ1) is 7.58. The second-order valence-corrected chi connectivity index (χ2v) is 4.07. The standard InChI is InChI=1S/C14H15NO/c1-9-7-12(8-10(2)14(9)15)11-3-5-13(16)6-4-11/h3-8,16H,15H2,1-2H3. The molecule has 2 heteroatoms. The van der Waals surface area contributed by atoms with Crippen LogP contribution in [0.3, 0.4) is 0 Å². The van der Waals surface area contributed by atoms with Gasteiger partial charge in [-0.2, -0.15) is 0 Å². The minimum Gasteiger partial charge on any atom is -0.508 e. The Labute approximate surface area is 95.4 Å². The van der Waals surface area contributed by atoms with Crippen LogP contribution in [0.1, 0.15) is 11.1 Å². The number of aryl methyl sites for hydroxylation is 2. The molecule has 0 amide bonds. The largest absolute Gasteiger partial charge is 0.508 e. The second-order valence-electron chi connectivity index (χ2n) is 4.07. The third-order valence-corrected chi connectivity index (χ3v) is 2.79. The van der Waals surface area contributed by atoms with Gasteiger partial charge in [-0.25, -0.2) is 0 Å². The van der Waals surface area contributed by atoms with Gasteiger partial charge in [-0.05, 0) is 60.4 Å². The Balaban J connectivity index is 2.52. The zero-order chi connectivity index (χ0) is 11.7. The lowest BCUT2D eigenvalue weighted by molar-refractivity contribution is 0.475. The van der Waals surface area contributed by atoms with Gasteiger partial charge in [0.1, 0.15) is 5.75 Å². The summed E-state index contributed by atoms with van der Waals surface area (Å²) in [5.74, 6) is 0.285. The molecule has 2 nitrogen and oxygen atoms in total. The molecule has 0 atom stereocenters. The number of hydrogen-bond donors (Lipinski definition) is 2. The van der Waals surface area contributed by atoms with E-state index in [9.17, 15) is 5.11 Å². The predicted octanol–water partition coefficient (Wildman–Crippen LogP) is 3.26. The predicted molar refractivity (Wildman–Crippen MR) is 67.4 cm³/mol. The number of benzene rings is 2. The number of anilines is 1. The Kier molecular flexibility index (Phi) is 2.57. The number of rotatable bonds is 1. The molecule has 82 valence electrons. The molecule has 0 saturated heterocycles. The third kappa shape index (κ3) is 1.87. The van der Waals surface area contributed by atoms with Gasteiger partial charge in [-0.1, -0.05) is 12.1 Å². The fourth-order valence-electron chi connectivity index (χ4n) is 1.80. The van der Waals surface area contributed by atoms with Gasteiger partial charge in [0.15, 0.2) is 0 Å². The Morgan fingerprint density at radius 1 is 0.875 bits per heavy atom. The van der Waals surface area contributed by atoms with Crippen molar-refractivity contribution in [3.8, 4) is 16.9 Å². The number of nitrogen functional groups attached to an aromatic ring is 1. The quantitative estimate of drug-likeness (QED) is 0.714. The van der Waals surface area contributed by atoms with Gasteiger partial charge >= 0.3 is 0 Å². The van der Waals surface area contributed by atoms with Crippen molar-refractivity contribution in [3.05, 3.63) is 47.5 Å². The molecular weight excluding hydrogens is 198 g/mol. The second kappa shape index (κ2) is 3.89. The van der Waals surface area contributed by atoms with Crippen LogP contribution < -0.4 is 5.73 Å². The molecule has 0 aliphatic rings. The van der Waals surface area contributed by atoms with Crippen molar-refractivity contribution < 1.29 is 5.11 Å². The summed E-state index contributed by atoms with van der Waals surface area (Å²) in [5.41, 5.74) is 11.2. The van der Waals surface area contributed by atoms with E-state index < -0.39 is 0 Å². The highest BCUT2D eigenvalue weighted by molar-refractivity contribution is 5.70. The van der Waals surface area contributed by atoms with E-state index in [1.165, 1.54) is 0 Å². The smallest absolute Gasteiger partial charge is 0.115 e. The maximum atomic E-state index is 9.24. The average Bonchev–Trinajstić information content (AvgIpc) is 2.26. The molecule has 0 spiro atoms.